The van der Waals surface area contributed by atoms with Crippen molar-refractivity contribution in [2.75, 3.05) is 0 Å². The van der Waals surface area contributed by atoms with Gasteiger partial charge in [0.25, 0.3) is 0 Å². The highest BCUT2D eigenvalue weighted by atomic mass is 79.9. The first kappa shape index (κ1) is 13.3. The molecule has 0 aliphatic heterocycles. The van der Waals surface area contributed by atoms with Gasteiger partial charge in [-0.05, 0) is 36.6 Å². The van der Waals surface area contributed by atoms with Crippen LogP contribution in [0, 0.1) is 13.8 Å². The molecule has 18 heavy (non-hydrogen) atoms. The van der Waals surface area contributed by atoms with Crippen molar-refractivity contribution in [3.63, 3.8) is 0 Å². The molecule has 3 N–H and O–H groups in total. The normalized spacial score (nSPS) is 12.4. The van der Waals surface area contributed by atoms with Gasteiger partial charge >= 0.3 is 0 Å². The van der Waals surface area contributed by atoms with Crippen LogP contribution in [-0.2, 0) is 0 Å². The van der Waals surface area contributed by atoms with Gasteiger partial charge in [0.1, 0.15) is 0 Å². The maximum Gasteiger partial charge on any atom is 0.0710 e. The van der Waals surface area contributed by atoms with Gasteiger partial charge in [-0.25, -0.2) is 5.43 Å². The van der Waals surface area contributed by atoms with Crippen molar-refractivity contribution in [2.45, 2.75) is 19.9 Å². The number of hydrazine groups is 1. The predicted molar refractivity (Wildman–Crippen MR) is 79.2 cm³/mol. The summed E-state index contributed by atoms with van der Waals surface area (Å²) >= 11 is 3.56. The van der Waals surface area contributed by atoms with Gasteiger partial charge in [0.2, 0.25) is 0 Å². The minimum absolute atomic E-state index is 0.0162. The zero-order valence-corrected chi connectivity index (χ0v) is 12.2. The average molecular weight is 305 g/mol. The van der Waals surface area contributed by atoms with E-state index in [9.17, 15) is 0 Å². The van der Waals surface area contributed by atoms with Gasteiger partial charge in [-0.1, -0.05) is 57.9 Å². The van der Waals surface area contributed by atoms with Crippen LogP contribution < -0.4 is 11.3 Å². The number of nitrogens with one attached hydrogen (secondary N) is 1. The van der Waals surface area contributed by atoms with E-state index in [4.69, 9.17) is 5.84 Å². The summed E-state index contributed by atoms with van der Waals surface area (Å²) in [5, 5.41) is 0. The average Bonchev–Trinajstić information content (AvgIpc) is 2.37. The summed E-state index contributed by atoms with van der Waals surface area (Å²) in [5.74, 6) is 5.70. The first-order chi connectivity index (χ1) is 8.61. The van der Waals surface area contributed by atoms with E-state index in [1.54, 1.807) is 0 Å². The van der Waals surface area contributed by atoms with Crippen molar-refractivity contribution in [2.24, 2.45) is 5.84 Å². The van der Waals surface area contributed by atoms with E-state index in [0.717, 1.165) is 10.0 Å². The molecule has 2 aromatic carbocycles. The molecule has 0 spiro atoms. The number of hydrogen-bond donors (Lipinski definition) is 2. The van der Waals surface area contributed by atoms with Gasteiger partial charge in [0, 0.05) is 4.47 Å². The molecule has 0 fully saturated rings. The summed E-state index contributed by atoms with van der Waals surface area (Å²) in [6.07, 6.45) is 0. The summed E-state index contributed by atoms with van der Waals surface area (Å²) in [7, 11) is 0. The summed E-state index contributed by atoms with van der Waals surface area (Å²) in [4.78, 5) is 0. The summed E-state index contributed by atoms with van der Waals surface area (Å²) in [6.45, 7) is 4.15. The lowest BCUT2D eigenvalue weighted by Crippen LogP contribution is -2.28. The molecule has 0 saturated heterocycles. The molecule has 1 unspecified atom stereocenters. The Morgan fingerprint density at radius 3 is 2.17 bits per heavy atom. The van der Waals surface area contributed by atoms with Crippen molar-refractivity contribution in [1.29, 1.82) is 0 Å². The van der Waals surface area contributed by atoms with Crippen LogP contribution in [0.2, 0.25) is 0 Å². The molecule has 2 aromatic rings. The summed E-state index contributed by atoms with van der Waals surface area (Å²) < 4.78 is 1.10. The third-order valence-electron chi connectivity index (χ3n) is 3.11. The lowest BCUT2D eigenvalue weighted by Gasteiger charge is -2.18. The van der Waals surface area contributed by atoms with Crippen LogP contribution in [0.25, 0.3) is 0 Å². The highest BCUT2D eigenvalue weighted by Gasteiger charge is 2.12. The van der Waals surface area contributed by atoms with Crippen LogP contribution in [0.5, 0.6) is 0 Å². The molecule has 2 rings (SSSR count). The van der Waals surface area contributed by atoms with Crippen molar-refractivity contribution in [3.8, 4) is 0 Å². The van der Waals surface area contributed by atoms with Gasteiger partial charge < -0.3 is 0 Å². The van der Waals surface area contributed by atoms with E-state index in [2.05, 4.69) is 77.7 Å². The fraction of sp³-hybridized carbons (Fsp3) is 0.200. The minimum Gasteiger partial charge on any atom is -0.271 e. The lowest BCUT2D eigenvalue weighted by atomic mass is 9.98. The Morgan fingerprint density at radius 1 is 1.00 bits per heavy atom. The molecule has 0 aliphatic carbocycles. The molecular weight excluding hydrogens is 288 g/mol. The van der Waals surface area contributed by atoms with E-state index in [0.29, 0.717) is 0 Å². The van der Waals surface area contributed by atoms with Gasteiger partial charge in [-0.2, -0.15) is 0 Å². The number of aryl methyl sites for hydroxylation is 2. The van der Waals surface area contributed by atoms with Crippen molar-refractivity contribution in [3.05, 3.63) is 69.2 Å². The minimum atomic E-state index is 0.0162. The molecule has 0 aliphatic rings. The Morgan fingerprint density at radius 2 is 1.61 bits per heavy atom. The second-order valence-corrected chi connectivity index (χ2v) is 5.37. The Kier molecular flexibility index (Phi) is 4.17. The fourth-order valence-corrected chi connectivity index (χ4v) is 2.33. The summed E-state index contributed by atoms with van der Waals surface area (Å²) in [5.41, 5.74) is 7.67. The number of nitrogens with two attached hydrogens (primary N) is 1. The van der Waals surface area contributed by atoms with Crippen molar-refractivity contribution < 1.29 is 0 Å². The number of rotatable bonds is 3. The van der Waals surface area contributed by atoms with Gasteiger partial charge in [0.05, 0.1) is 6.04 Å². The SMILES string of the molecule is Cc1ccc(C(NN)c2ccc(C)c(Br)c2)cc1. The molecule has 0 radical (unpaired) electrons. The highest BCUT2D eigenvalue weighted by Crippen LogP contribution is 2.26. The third kappa shape index (κ3) is 2.80. The maximum absolute atomic E-state index is 5.70. The highest BCUT2D eigenvalue weighted by molar-refractivity contribution is 9.10. The molecule has 94 valence electrons. The molecule has 0 saturated carbocycles. The molecule has 0 aromatic heterocycles. The second kappa shape index (κ2) is 5.65. The van der Waals surface area contributed by atoms with Gasteiger partial charge in [-0.3, -0.25) is 5.84 Å². The molecule has 1 atom stereocenters. The number of benzene rings is 2. The van der Waals surface area contributed by atoms with Crippen LogP contribution in [0.4, 0.5) is 0 Å². The zero-order valence-electron chi connectivity index (χ0n) is 10.6. The number of hydrogen-bond acceptors (Lipinski definition) is 2. The van der Waals surface area contributed by atoms with Crippen molar-refractivity contribution in [1.82, 2.24) is 5.43 Å². The topological polar surface area (TPSA) is 38.0 Å². The van der Waals surface area contributed by atoms with Gasteiger partial charge in [-0.15, -0.1) is 0 Å². The molecule has 3 heteroatoms. The van der Waals surface area contributed by atoms with Crippen LogP contribution >= 0.6 is 15.9 Å². The molecule has 0 amide bonds. The molecule has 0 bridgehead atoms. The monoisotopic (exact) mass is 304 g/mol. The van der Waals surface area contributed by atoms with Gasteiger partial charge in [0.15, 0.2) is 0 Å². The number of halogens is 1. The smallest absolute Gasteiger partial charge is 0.0710 e. The lowest BCUT2D eigenvalue weighted by molar-refractivity contribution is 0.636. The predicted octanol–water partition coefficient (Wildman–Crippen LogP) is 3.62. The van der Waals surface area contributed by atoms with E-state index in [-0.39, 0.29) is 6.04 Å². The standard InChI is InChI=1S/C15H17BrN2/c1-10-3-6-12(7-4-10)15(18-17)13-8-5-11(2)14(16)9-13/h3-9,15,18H,17H2,1-2H3. The Hall–Kier alpha value is -1.16. The van der Waals surface area contributed by atoms with E-state index in [1.807, 2.05) is 0 Å². The maximum atomic E-state index is 5.70. The van der Waals surface area contributed by atoms with Crippen LogP contribution in [0.15, 0.2) is 46.9 Å². The third-order valence-corrected chi connectivity index (χ3v) is 3.96. The van der Waals surface area contributed by atoms with Crippen LogP contribution in [0.3, 0.4) is 0 Å². The molecule has 0 heterocycles. The van der Waals surface area contributed by atoms with Crippen molar-refractivity contribution >= 4 is 15.9 Å². The zero-order chi connectivity index (χ0) is 13.1. The molecular formula is C15H17BrN2. The first-order valence-corrected chi connectivity index (χ1v) is 6.70. The summed E-state index contributed by atoms with van der Waals surface area (Å²) in [6, 6.07) is 14.7. The quantitative estimate of drug-likeness (QED) is 0.671. The largest absolute Gasteiger partial charge is 0.271 e. The Bertz CT molecular complexity index is 535. The second-order valence-electron chi connectivity index (χ2n) is 4.52. The van der Waals surface area contributed by atoms with E-state index < -0.39 is 0 Å². The van der Waals surface area contributed by atoms with E-state index in [1.165, 1.54) is 16.7 Å². The van der Waals surface area contributed by atoms with E-state index >= 15 is 0 Å². The fourth-order valence-electron chi connectivity index (χ4n) is 1.93. The Labute approximate surface area is 116 Å². The first-order valence-electron chi connectivity index (χ1n) is 5.90. The molecule has 2 nitrogen and oxygen atoms in total. The van der Waals surface area contributed by atoms with Crippen LogP contribution in [0.1, 0.15) is 28.3 Å². The Balaban J connectivity index is 2.38. The van der Waals surface area contributed by atoms with Crippen LogP contribution in [-0.4, -0.2) is 0 Å².